The number of nitrogen functional groups attached to an aromatic ring is 1. The molecule has 0 aliphatic carbocycles. The van der Waals surface area contributed by atoms with Crippen molar-refractivity contribution in [2.45, 2.75) is 38.6 Å². The molecule has 1 aromatic heterocycles. The third kappa shape index (κ3) is 7.53. The highest BCUT2D eigenvalue weighted by atomic mass is 19.1. The molecular formula is C30H30FN7O6. The molecular weight excluding hydrogens is 573 g/mol. The lowest BCUT2D eigenvalue weighted by Crippen LogP contribution is -2.41. The van der Waals surface area contributed by atoms with Gasteiger partial charge in [-0.05, 0) is 60.4 Å². The van der Waals surface area contributed by atoms with Crippen LogP contribution in [-0.2, 0) is 14.4 Å². The molecule has 4 aromatic rings. The molecule has 13 nitrogen and oxygen atoms in total. The van der Waals surface area contributed by atoms with Crippen LogP contribution in [0.1, 0.15) is 36.0 Å². The Bertz CT molecular complexity index is 1750. The predicted octanol–water partition coefficient (Wildman–Crippen LogP) is 3.63. The number of aromatic nitrogens is 2. The van der Waals surface area contributed by atoms with E-state index in [2.05, 4.69) is 21.0 Å². The normalized spacial score (nSPS) is 11.5. The molecule has 0 aliphatic heterocycles. The van der Waals surface area contributed by atoms with Crippen molar-refractivity contribution in [3.63, 3.8) is 0 Å². The minimum atomic E-state index is -1.32. The van der Waals surface area contributed by atoms with Gasteiger partial charge in [0.05, 0.1) is 16.6 Å². The van der Waals surface area contributed by atoms with Gasteiger partial charge < -0.3 is 32.5 Å². The van der Waals surface area contributed by atoms with Gasteiger partial charge in [-0.2, -0.15) is 4.68 Å². The molecule has 0 saturated carbocycles. The van der Waals surface area contributed by atoms with Gasteiger partial charge in [0.15, 0.2) is 5.82 Å². The summed E-state index contributed by atoms with van der Waals surface area (Å²) in [5, 5.41) is 21.3. The van der Waals surface area contributed by atoms with Crippen LogP contribution in [0.2, 0.25) is 0 Å². The van der Waals surface area contributed by atoms with Gasteiger partial charge in [0.25, 0.3) is 0 Å². The summed E-state index contributed by atoms with van der Waals surface area (Å²) in [6.07, 6.45) is -1.01. The Labute approximate surface area is 250 Å². The number of nitrogens with zero attached hydrogens (tertiary/aromatic N) is 2. The molecule has 0 radical (unpaired) electrons. The highest BCUT2D eigenvalue weighted by Crippen LogP contribution is 2.33. The largest absolute Gasteiger partial charge is 0.480 e. The number of hydrogen-bond donors (Lipinski definition) is 6. The topological polar surface area (TPSA) is 212 Å². The smallest absolute Gasteiger partial charge is 0.326 e. The number of carboxylic acid groups (broad SMARTS) is 1. The SMILES string of the molecule is Cc1ccc(F)c(NC(=O)Nc2ccc(-c3cccc4c3c(N)nn4C(=O)CCC(=O)NC(CCC(N)=O)C(=O)O)cc2)c1. The second-order valence-electron chi connectivity index (χ2n) is 9.99. The average molecular weight is 604 g/mol. The number of aliphatic carboxylic acids is 1. The van der Waals surface area contributed by atoms with Crippen molar-refractivity contribution in [1.82, 2.24) is 15.1 Å². The average Bonchev–Trinajstić information content (AvgIpc) is 3.32. The third-order valence-electron chi connectivity index (χ3n) is 6.67. The number of fused-ring (bicyclic) bond motifs is 1. The molecule has 0 spiro atoms. The molecule has 14 heteroatoms. The van der Waals surface area contributed by atoms with Gasteiger partial charge in [-0.15, -0.1) is 5.10 Å². The molecule has 0 bridgehead atoms. The molecule has 0 fully saturated rings. The first-order valence-electron chi connectivity index (χ1n) is 13.5. The van der Waals surface area contributed by atoms with Crippen LogP contribution in [0, 0.1) is 12.7 Å². The summed E-state index contributed by atoms with van der Waals surface area (Å²) < 4.78 is 15.1. The summed E-state index contributed by atoms with van der Waals surface area (Å²) in [6.45, 7) is 1.78. The van der Waals surface area contributed by atoms with Gasteiger partial charge in [0.1, 0.15) is 11.9 Å². The first kappa shape index (κ1) is 31.2. The van der Waals surface area contributed by atoms with E-state index in [-0.39, 0.29) is 37.2 Å². The molecule has 4 rings (SSSR count). The summed E-state index contributed by atoms with van der Waals surface area (Å²) in [7, 11) is 0. The van der Waals surface area contributed by atoms with Gasteiger partial charge in [-0.1, -0.05) is 30.3 Å². The van der Waals surface area contributed by atoms with Crippen LogP contribution in [0.5, 0.6) is 0 Å². The molecule has 4 amide bonds. The number of urea groups is 1. The zero-order valence-electron chi connectivity index (χ0n) is 23.6. The Morgan fingerprint density at radius 2 is 1.70 bits per heavy atom. The lowest BCUT2D eigenvalue weighted by atomic mass is 10.0. The molecule has 0 aliphatic rings. The lowest BCUT2D eigenvalue weighted by Gasteiger charge is -2.13. The number of anilines is 3. The van der Waals surface area contributed by atoms with Crippen LogP contribution < -0.4 is 27.4 Å². The molecule has 0 saturated heterocycles. The third-order valence-corrected chi connectivity index (χ3v) is 6.67. The Hall–Kier alpha value is -5.79. The number of benzene rings is 3. The van der Waals surface area contributed by atoms with E-state index in [0.29, 0.717) is 27.7 Å². The number of carbonyl (C=O) groups excluding carboxylic acids is 4. The van der Waals surface area contributed by atoms with E-state index in [1.165, 1.54) is 12.1 Å². The number of halogens is 1. The van der Waals surface area contributed by atoms with E-state index in [1.54, 1.807) is 55.5 Å². The van der Waals surface area contributed by atoms with E-state index in [1.807, 2.05) is 0 Å². The van der Waals surface area contributed by atoms with Crippen LogP contribution in [0.4, 0.5) is 26.4 Å². The number of nitrogens with one attached hydrogen (secondary N) is 3. The van der Waals surface area contributed by atoms with E-state index in [9.17, 15) is 33.5 Å². The number of rotatable bonds is 11. The predicted molar refractivity (Wildman–Crippen MR) is 161 cm³/mol. The van der Waals surface area contributed by atoms with Crippen LogP contribution in [0.15, 0.2) is 60.7 Å². The fourth-order valence-electron chi connectivity index (χ4n) is 4.52. The molecule has 1 unspecified atom stereocenters. The number of hydrogen-bond acceptors (Lipinski definition) is 7. The Kier molecular flexibility index (Phi) is 9.53. The molecule has 3 aromatic carbocycles. The van der Waals surface area contributed by atoms with Crippen LogP contribution in [0.25, 0.3) is 22.0 Å². The van der Waals surface area contributed by atoms with E-state index in [0.717, 1.165) is 10.2 Å². The van der Waals surface area contributed by atoms with Crippen molar-refractivity contribution < 1.29 is 33.5 Å². The molecule has 1 atom stereocenters. The number of carbonyl (C=O) groups is 5. The zero-order valence-corrected chi connectivity index (χ0v) is 23.6. The monoisotopic (exact) mass is 603 g/mol. The van der Waals surface area contributed by atoms with Crippen molar-refractivity contribution in [2.75, 3.05) is 16.4 Å². The van der Waals surface area contributed by atoms with Crippen LogP contribution >= 0.6 is 0 Å². The van der Waals surface area contributed by atoms with Crippen molar-refractivity contribution in [3.8, 4) is 11.1 Å². The zero-order chi connectivity index (χ0) is 32.0. The summed E-state index contributed by atoms with van der Waals surface area (Å²) in [5.41, 5.74) is 14.3. The number of carboxylic acids is 1. The van der Waals surface area contributed by atoms with Gasteiger partial charge in [-0.25, -0.2) is 14.0 Å². The Balaban J connectivity index is 1.44. The van der Waals surface area contributed by atoms with Gasteiger partial charge in [0.2, 0.25) is 17.7 Å². The Morgan fingerprint density at radius 3 is 2.39 bits per heavy atom. The van der Waals surface area contributed by atoms with E-state index in [4.69, 9.17) is 11.5 Å². The van der Waals surface area contributed by atoms with Crippen LogP contribution in [0.3, 0.4) is 0 Å². The Morgan fingerprint density at radius 1 is 0.977 bits per heavy atom. The maximum Gasteiger partial charge on any atom is 0.326 e. The summed E-state index contributed by atoms with van der Waals surface area (Å²) in [5.74, 6) is -3.74. The van der Waals surface area contributed by atoms with Crippen molar-refractivity contribution >= 4 is 57.8 Å². The summed E-state index contributed by atoms with van der Waals surface area (Å²) in [4.78, 5) is 60.0. The van der Waals surface area contributed by atoms with Crippen LogP contribution in [-0.4, -0.2) is 50.7 Å². The minimum absolute atomic E-state index is 0.0538. The lowest BCUT2D eigenvalue weighted by molar-refractivity contribution is -0.142. The summed E-state index contributed by atoms with van der Waals surface area (Å²) in [6, 6.07) is 14.4. The van der Waals surface area contributed by atoms with Crippen molar-refractivity contribution in [1.29, 1.82) is 0 Å². The van der Waals surface area contributed by atoms with Gasteiger partial charge in [-0.3, -0.25) is 14.4 Å². The number of nitrogens with two attached hydrogens (primary N) is 2. The second-order valence-corrected chi connectivity index (χ2v) is 9.99. The first-order chi connectivity index (χ1) is 20.9. The molecule has 228 valence electrons. The molecule has 1 heterocycles. The fraction of sp³-hybridized carbons (Fsp3) is 0.200. The second kappa shape index (κ2) is 13.5. The van der Waals surface area contributed by atoms with Gasteiger partial charge >= 0.3 is 12.0 Å². The minimum Gasteiger partial charge on any atom is -0.480 e. The number of primary amides is 1. The van der Waals surface area contributed by atoms with E-state index >= 15 is 0 Å². The maximum absolute atomic E-state index is 14.0. The first-order valence-corrected chi connectivity index (χ1v) is 13.5. The number of amides is 4. The number of aryl methyl sites for hydroxylation is 1. The molecule has 8 N–H and O–H groups in total. The van der Waals surface area contributed by atoms with E-state index < -0.39 is 41.6 Å². The fourth-order valence-corrected chi connectivity index (χ4v) is 4.52. The quantitative estimate of drug-likeness (QED) is 0.149. The van der Waals surface area contributed by atoms with Crippen molar-refractivity contribution in [2.24, 2.45) is 5.73 Å². The highest BCUT2D eigenvalue weighted by molar-refractivity contribution is 6.06. The van der Waals surface area contributed by atoms with Gasteiger partial charge in [0, 0.05) is 24.9 Å². The molecule has 44 heavy (non-hydrogen) atoms. The standard InChI is InChI=1S/C30H30FN7O6/c1-16-5-10-20(31)22(15-16)36-30(44)34-18-8-6-17(7-9-18)19-3-2-4-23-27(19)28(33)37-38(23)26(41)14-13-25(40)35-21(29(42)43)11-12-24(32)39/h2-10,15,21H,11-14H2,1H3,(H2,32,39)(H2,33,37)(H,35,40)(H,42,43)(H2,34,36,44). The van der Waals surface area contributed by atoms with Crippen molar-refractivity contribution in [3.05, 3.63) is 72.0 Å². The highest BCUT2D eigenvalue weighted by Gasteiger charge is 2.22. The summed E-state index contributed by atoms with van der Waals surface area (Å²) >= 11 is 0. The maximum atomic E-state index is 14.0.